The van der Waals surface area contributed by atoms with Crippen molar-refractivity contribution in [2.24, 2.45) is 0 Å². The molecule has 0 N–H and O–H groups in total. The first-order valence-corrected chi connectivity index (χ1v) is 5.55. The van der Waals surface area contributed by atoms with E-state index in [2.05, 4.69) is 19.9 Å². The van der Waals surface area contributed by atoms with Crippen LogP contribution in [0.15, 0.2) is 41.1 Å². The van der Waals surface area contributed by atoms with Crippen LogP contribution in [-0.4, -0.2) is 28.2 Å². The molecule has 6 nitrogen and oxygen atoms in total. The fraction of sp³-hybridized carbons (Fsp3) is 0.0769. The van der Waals surface area contributed by atoms with E-state index in [0.29, 0.717) is 11.5 Å². The normalized spacial score (nSPS) is 10.6. The Labute approximate surface area is 108 Å². The first-order valence-electron chi connectivity index (χ1n) is 5.55. The van der Waals surface area contributed by atoms with E-state index in [1.807, 2.05) is 24.3 Å². The van der Waals surface area contributed by atoms with Gasteiger partial charge in [0.1, 0.15) is 5.69 Å². The average Bonchev–Trinajstić information content (AvgIpc) is 2.95. The van der Waals surface area contributed by atoms with Gasteiger partial charge in [-0.25, -0.2) is 9.78 Å². The van der Waals surface area contributed by atoms with Crippen molar-refractivity contribution in [2.75, 3.05) is 7.11 Å². The van der Waals surface area contributed by atoms with Crippen molar-refractivity contribution in [1.29, 1.82) is 0 Å². The van der Waals surface area contributed by atoms with Crippen LogP contribution in [-0.2, 0) is 4.74 Å². The third-order valence-electron chi connectivity index (χ3n) is 2.61. The summed E-state index contributed by atoms with van der Waals surface area (Å²) in [5.74, 6) is -0.178. The summed E-state index contributed by atoms with van der Waals surface area (Å²) >= 11 is 0. The molecule has 3 aromatic rings. The molecule has 0 bridgehead atoms. The van der Waals surface area contributed by atoms with E-state index in [4.69, 9.17) is 4.52 Å². The van der Waals surface area contributed by atoms with Crippen molar-refractivity contribution >= 4 is 17.0 Å². The largest absolute Gasteiger partial charge is 0.464 e. The molecule has 0 aliphatic carbocycles. The van der Waals surface area contributed by atoms with Crippen LogP contribution in [0.1, 0.15) is 10.5 Å². The van der Waals surface area contributed by atoms with Crippen molar-refractivity contribution < 1.29 is 14.1 Å². The number of carbonyl (C=O) groups is 1. The summed E-state index contributed by atoms with van der Waals surface area (Å²) < 4.78 is 9.63. The van der Waals surface area contributed by atoms with Gasteiger partial charge < -0.3 is 9.26 Å². The Kier molecular flexibility index (Phi) is 2.68. The highest BCUT2D eigenvalue weighted by Crippen LogP contribution is 2.20. The molecule has 6 heteroatoms. The molecule has 2 aromatic heterocycles. The number of ether oxygens (including phenoxy) is 1. The molecule has 0 saturated heterocycles. The molecule has 0 saturated carbocycles. The quantitative estimate of drug-likeness (QED) is 0.652. The number of para-hydroxylation sites is 2. The minimum Gasteiger partial charge on any atom is -0.464 e. The number of nitrogens with zero attached hydrogens (tertiary/aromatic N) is 3. The third kappa shape index (κ3) is 2.03. The summed E-state index contributed by atoms with van der Waals surface area (Å²) in [5, 5.41) is 3.63. The molecule has 0 spiro atoms. The maximum absolute atomic E-state index is 11.3. The Bertz CT molecular complexity index is 751. The van der Waals surface area contributed by atoms with Gasteiger partial charge in [-0.15, -0.1) is 0 Å². The smallest absolute Gasteiger partial charge is 0.360 e. The molecule has 0 atom stereocenters. The zero-order valence-corrected chi connectivity index (χ0v) is 10.0. The minimum atomic E-state index is -0.552. The molecular weight excluding hydrogens is 246 g/mol. The van der Waals surface area contributed by atoms with Crippen LogP contribution in [0.2, 0.25) is 0 Å². The summed E-state index contributed by atoms with van der Waals surface area (Å²) in [7, 11) is 1.28. The van der Waals surface area contributed by atoms with Gasteiger partial charge in [0.25, 0.3) is 0 Å². The molecule has 0 radical (unpaired) electrons. The zero-order valence-electron chi connectivity index (χ0n) is 10.0. The Hall–Kier alpha value is -2.76. The topological polar surface area (TPSA) is 78.1 Å². The molecule has 94 valence electrons. The molecular formula is C13H9N3O3. The number of hydrogen-bond donors (Lipinski definition) is 0. The lowest BCUT2D eigenvalue weighted by molar-refractivity contribution is 0.0589. The van der Waals surface area contributed by atoms with Gasteiger partial charge in [0.05, 0.1) is 24.3 Å². The van der Waals surface area contributed by atoms with Crippen molar-refractivity contribution in [1.82, 2.24) is 15.1 Å². The third-order valence-corrected chi connectivity index (χ3v) is 2.61. The Morgan fingerprint density at radius 3 is 2.84 bits per heavy atom. The van der Waals surface area contributed by atoms with Crippen LogP contribution in [0.4, 0.5) is 0 Å². The average molecular weight is 255 g/mol. The summed E-state index contributed by atoms with van der Waals surface area (Å²) in [6.45, 7) is 0. The summed E-state index contributed by atoms with van der Waals surface area (Å²) in [5.41, 5.74) is 2.16. The van der Waals surface area contributed by atoms with Crippen molar-refractivity contribution in [3.63, 3.8) is 0 Å². The fourth-order valence-electron chi connectivity index (χ4n) is 1.67. The molecule has 0 amide bonds. The first kappa shape index (κ1) is 11.3. The van der Waals surface area contributed by atoms with Crippen molar-refractivity contribution in [3.8, 4) is 11.5 Å². The van der Waals surface area contributed by atoms with Gasteiger partial charge in [-0.2, -0.15) is 0 Å². The SMILES string of the molecule is COC(=O)c1cc(-c2cnc3ccccc3n2)on1. The monoisotopic (exact) mass is 255 g/mol. The molecule has 0 aliphatic rings. The highest BCUT2D eigenvalue weighted by molar-refractivity contribution is 5.88. The summed E-state index contributed by atoms with van der Waals surface area (Å²) in [4.78, 5) is 20.0. The predicted molar refractivity (Wildman–Crippen MR) is 66.4 cm³/mol. The predicted octanol–water partition coefficient (Wildman–Crippen LogP) is 2.07. The Morgan fingerprint density at radius 2 is 2.05 bits per heavy atom. The van der Waals surface area contributed by atoms with Gasteiger partial charge in [0, 0.05) is 6.07 Å². The van der Waals surface area contributed by atoms with Gasteiger partial charge in [-0.3, -0.25) is 4.98 Å². The second-order valence-corrected chi connectivity index (χ2v) is 3.81. The lowest BCUT2D eigenvalue weighted by atomic mass is 10.2. The highest BCUT2D eigenvalue weighted by atomic mass is 16.5. The highest BCUT2D eigenvalue weighted by Gasteiger charge is 2.15. The first-order chi connectivity index (χ1) is 9.28. The molecule has 19 heavy (non-hydrogen) atoms. The van der Waals surface area contributed by atoms with E-state index in [-0.39, 0.29) is 5.69 Å². The summed E-state index contributed by atoms with van der Waals surface area (Å²) in [6, 6.07) is 8.96. The molecule has 0 fully saturated rings. The van der Waals surface area contributed by atoms with E-state index in [9.17, 15) is 4.79 Å². The lowest BCUT2D eigenvalue weighted by Crippen LogP contribution is -2.00. The lowest BCUT2D eigenvalue weighted by Gasteiger charge is -1.97. The van der Waals surface area contributed by atoms with Gasteiger partial charge in [-0.1, -0.05) is 17.3 Å². The second kappa shape index (κ2) is 4.49. The number of hydrogen-bond acceptors (Lipinski definition) is 6. The van der Waals surface area contributed by atoms with Crippen LogP contribution in [0.25, 0.3) is 22.5 Å². The second-order valence-electron chi connectivity index (χ2n) is 3.81. The molecule has 0 unspecified atom stereocenters. The van der Waals surface area contributed by atoms with Gasteiger partial charge in [0.2, 0.25) is 0 Å². The molecule has 0 aliphatic heterocycles. The number of esters is 1. The maximum atomic E-state index is 11.3. The molecule has 1 aromatic carbocycles. The van der Waals surface area contributed by atoms with Crippen LogP contribution >= 0.6 is 0 Å². The Morgan fingerprint density at radius 1 is 1.26 bits per heavy atom. The van der Waals surface area contributed by atoms with Crippen LogP contribution < -0.4 is 0 Å². The van der Waals surface area contributed by atoms with Crippen LogP contribution in [0, 0.1) is 0 Å². The number of methoxy groups -OCH3 is 1. The van der Waals surface area contributed by atoms with Gasteiger partial charge >= 0.3 is 5.97 Å². The van der Waals surface area contributed by atoms with Gasteiger partial charge in [0.15, 0.2) is 11.5 Å². The van der Waals surface area contributed by atoms with Crippen molar-refractivity contribution in [2.45, 2.75) is 0 Å². The van der Waals surface area contributed by atoms with E-state index in [1.54, 1.807) is 6.20 Å². The number of fused-ring (bicyclic) bond motifs is 1. The Balaban J connectivity index is 2.04. The van der Waals surface area contributed by atoms with E-state index in [0.717, 1.165) is 11.0 Å². The van der Waals surface area contributed by atoms with Crippen LogP contribution in [0.3, 0.4) is 0 Å². The number of aromatic nitrogens is 3. The molecule has 2 heterocycles. The number of carbonyl (C=O) groups excluding carboxylic acids is 1. The minimum absolute atomic E-state index is 0.104. The van der Waals surface area contributed by atoms with Gasteiger partial charge in [-0.05, 0) is 12.1 Å². The molecule has 3 rings (SSSR count). The fourth-order valence-corrected chi connectivity index (χ4v) is 1.67. The van der Waals surface area contributed by atoms with E-state index < -0.39 is 5.97 Å². The van der Waals surface area contributed by atoms with E-state index in [1.165, 1.54) is 13.2 Å². The number of rotatable bonds is 2. The maximum Gasteiger partial charge on any atom is 0.360 e. The summed E-state index contributed by atoms with van der Waals surface area (Å²) in [6.07, 6.45) is 1.57. The van der Waals surface area contributed by atoms with Crippen LogP contribution in [0.5, 0.6) is 0 Å². The van der Waals surface area contributed by atoms with Crippen molar-refractivity contribution in [3.05, 3.63) is 42.2 Å². The zero-order chi connectivity index (χ0) is 13.2. The van der Waals surface area contributed by atoms with E-state index >= 15 is 0 Å². The standard InChI is InChI=1S/C13H9N3O3/c1-18-13(17)10-6-12(19-16-10)11-7-14-8-4-2-3-5-9(8)15-11/h2-7H,1H3. The number of benzene rings is 1.